The lowest BCUT2D eigenvalue weighted by molar-refractivity contribution is 0.155. The Kier molecular flexibility index (Phi) is 5.06. The number of rotatable bonds is 6. The standard InChI is InChI=1S/C16H24O2/c1-18-16-8-4-7-14(12-16)11-15(17)10-9-13-5-2-3-6-13/h4,7-8,12-13,15,17H,2-3,5-6,9-11H2,1H3. The molecule has 18 heavy (non-hydrogen) atoms. The van der Waals surface area contributed by atoms with Gasteiger partial charge in [0.05, 0.1) is 13.2 Å². The van der Waals surface area contributed by atoms with Crippen molar-refractivity contribution in [1.82, 2.24) is 0 Å². The van der Waals surface area contributed by atoms with Crippen LogP contribution in [0.1, 0.15) is 44.1 Å². The summed E-state index contributed by atoms with van der Waals surface area (Å²) in [7, 11) is 1.68. The molecular weight excluding hydrogens is 224 g/mol. The summed E-state index contributed by atoms with van der Waals surface area (Å²) in [4.78, 5) is 0. The van der Waals surface area contributed by atoms with E-state index >= 15 is 0 Å². The Morgan fingerprint density at radius 1 is 1.33 bits per heavy atom. The van der Waals surface area contributed by atoms with Gasteiger partial charge in [-0.15, -0.1) is 0 Å². The van der Waals surface area contributed by atoms with E-state index in [4.69, 9.17) is 4.74 Å². The van der Waals surface area contributed by atoms with Crippen LogP contribution in [0.2, 0.25) is 0 Å². The maximum Gasteiger partial charge on any atom is 0.119 e. The Labute approximate surface area is 110 Å². The van der Waals surface area contributed by atoms with Gasteiger partial charge in [-0.05, 0) is 42.9 Å². The van der Waals surface area contributed by atoms with Crippen LogP contribution in [0.15, 0.2) is 24.3 Å². The fourth-order valence-electron chi connectivity index (χ4n) is 2.90. The van der Waals surface area contributed by atoms with Crippen LogP contribution >= 0.6 is 0 Å². The van der Waals surface area contributed by atoms with Gasteiger partial charge in [-0.3, -0.25) is 0 Å². The molecule has 1 fully saturated rings. The van der Waals surface area contributed by atoms with Gasteiger partial charge in [0, 0.05) is 0 Å². The molecule has 1 aromatic carbocycles. The lowest BCUT2D eigenvalue weighted by Crippen LogP contribution is -2.12. The zero-order valence-electron chi connectivity index (χ0n) is 11.3. The molecule has 1 atom stereocenters. The highest BCUT2D eigenvalue weighted by Crippen LogP contribution is 2.29. The molecule has 1 unspecified atom stereocenters. The minimum atomic E-state index is -0.210. The van der Waals surface area contributed by atoms with Crippen molar-refractivity contribution in [3.05, 3.63) is 29.8 Å². The molecule has 1 N–H and O–H groups in total. The average molecular weight is 248 g/mol. The van der Waals surface area contributed by atoms with E-state index < -0.39 is 0 Å². The Bertz CT molecular complexity index is 356. The highest BCUT2D eigenvalue weighted by molar-refractivity contribution is 5.28. The summed E-state index contributed by atoms with van der Waals surface area (Å²) < 4.78 is 5.20. The van der Waals surface area contributed by atoms with Crippen LogP contribution in [-0.4, -0.2) is 18.3 Å². The largest absolute Gasteiger partial charge is 0.497 e. The van der Waals surface area contributed by atoms with Gasteiger partial charge in [-0.1, -0.05) is 37.8 Å². The summed E-state index contributed by atoms with van der Waals surface area (Å²) in [5.41, 5.74) is 1.16. The predicted octanol–water partition coefficient (Wildman–Crippen LogP) is 3.57. The van der Waals surface area contributed by atoms with Crippen molar-refractivity contribution in [2.24, 2.45) is 5.92 Å². The van der Waals surface area contributed by atoms with Gasteiger partial charge in [0.15, 0.2) is 0 Å². The van der Waals surface area contributed by atoms with E-state index in [1.165, 1.54) is 32.1 Å². The molecule has 1 aliphatic rings. The second kappa shape index (κ2) is 6.79. The maximum atomic E-state index is 10.1. The van der Waals surface area contributed by atoms with Crippen LogP contribution in [0.25, 0.3) is 0 Å². The Hall–Kier alpha value is -1.02. The first-order chi connectivity index (χ1) is 8.78. The van der Waals surface area contributed by atoms with Crippen molar-refractivity contribution in [2.75, 3.05) is 7.11 Å². The third kappa shape index (κ3) is 4.02. The molecule has 0 radical (unpaired) electrons. The normalized spacial score (nSPS) is 17.9. The molecule has 2 nitrogen and oxygen atoms in total. The van der Waals surface area contributed by atoms with Gasteiger partial charge in [0.25, 0.3) is 0 Å². The highest BCUT2D eigenvalue weighted by Gasteiger charge is 2.16. The van der Waals surface area contributed by atoms with E-state index in [1.54, 1.807) is 7.11 Å². The summed E-state index contributed by atoms with van der Waals surface area (Å²) in [5, 5.41) is 10.1. The van der Waals surface area contributed by atoms with Crippen molar-refractivity contribution in [1.29, 1.82) is 0 Å². The minimum Gasteiger partial charge on any atom is -0.497 e. The third-order valence-electron chi connectivity index (χ3n) is 3.99. The lowest BCUT2D eigenvalue weighted by atomic mass is 9.96. The Morgan fingerprint density at radius 2 is 2.11 bits per heavy atom. The monoisotopic (exact) mass is 248 g/mol. The van der Waals surface area contributed by atoms with E-state index in [0.29, 0.717) is 0 Å². The van der Waals surface area contributed by atoms with Crippen LogP contribution in [0.5, 0.6) is 5.75 Å². The molecule has 0 amide bonds. The molecular formula is C16H24O2. The molecule has 0 bridgehead atoms. The third-order valence-corrected chi connectivity index (χ3v) is 3.99. The van der Waals surface area contributed by atoms with Crippen LogP contribution in [0.4, 0.5) is 0 Å². The summed E-state index contributed by atoms with van der Waals surface area (Å²) in [6.07, 6.45) is 8.15. The number of hydrogen-bond donors (Lipinski definition) is 1. The molecule has 1 aromatic rings. The number of aliphatic hydroxyl groups is 1. The average Bonchev–Trinajstić information content (AvgIpc) is 2.90. The zero-order valence-corrected chi connectivity index (χ0v) is 11.3. The molecule has 0 spiro atoms. The first-order valence-corrected chi connectivity index (χ1v) is 7.09. The second-order valence-electron chi connectivity index (χ2n) is 5.44. The van der Waals surface area contributed by atoms with Crippen molar-refractivity contribution in [3.8, 4) is 5.75 Å². The summed E-state index contributed by atoms with van der Waals surface area (Å²) in [5.74, 6) is 1.74. The van der Waals surface area contributed by atoms with Crippen LogP contribution in [0, 0.1) is 5.92 Å². The van der Waals surface area contributed by atoms with Crippen molar-refractivity contribution in [2.45, 2.75) is 51.0 Å². The smallest absolute Gasteiger partial charge is 0.119 e. The SMILES string of the molecule is COc1cccc(CC(O)CCC2CCCC2)c1. The predicted molar refractivity (Wildman–Crippen MR) is 73.9 cm³/mol. The summed E-state index contributed by atoms with van der Waals surface area (Å²) in [6, 6.07) is 7.99. The first-order valence-electron chi connectivity index (χ1n) is 7.09. The summed E-state index contributed by atoms with van der Waals surface area (Å²) >= 11 is 0. The maximum absolute atomic E-state index is 10.1. The van der Waals surface area contributed by atoms with Crippen LogP contribution in [0.3, 0.4) is 0 Å². The zero-order chi connectivity index (χ0) is 12.8. The van der Waals surface area contributed by atoms with E-state index in [2.05, 4.69) is 6.07 Å². The minimum absolute atomic E-state index is 0.210. The number of hydrogen-bond acceptors (Lipinski definition) is 2. The number of methoxy groups -OCH3 is 1. The van der Waals surface area contributed by atoms with Gasteiger partial charge >= 0.3 is 0 Å². The van der Waals surface area contributed by atoms with Crippen molar-refractivity contribution < 1.29 is 9.84 Å². The fraction of sp³-hybridized carbons (Fsp3) is 0.625. The molecule has 0 aliphatic heterocycles. The summed E-state index contributed by atoms with van der Waals surface area (Å²) in [6.45, 7) is 0. The van der Waals surface area contributed by atoms with Crippen LogP contribution in [-0.2, 0) is 6.42 Å². The number of aliphatic hydroxyl groups excluding tert-OH is 1. The molecule has 0 aromatic heterocycles. The van der Waals surface area contributed by atoms with E-state index in [0.717, 1.165) is 30.1 Å². The molecule has 2 heteroatoms. The Balaban J connectivity index is 1.76. The highest BCUT2D eigenvalue weighted by atomic mass is 16.5. The van der Waals surface area contributed by atoms with Gasteiger partial charge in [0.2, 0.25) is 0 Å². The number of ether oxygens (including phenoxy) is 1. The van der Waals surface area contributed by atoms with Crippen LogP contribution < -0.4 is 4.74 Å². The lowest BCUT2D eigenvalue weighted by Gasteiger charge is -2.14. The van der Waals surface area contributed by atoms with Crippen molar-refractivity contribution in [3.63, 3.8) is 0 Å². The molecule has 1 saturated carbocycles. The van der Waals surface area contributed by atoms with Crippen molar-refractivity contribution >= 4 is 0 Å². The second-order valence-corrected chi connectivity index (χ2v) is 5.44. The molecule has 0 saturated heterocycles. The molecule has 1 aliphatic carbocycles. The molecule has 100 valence electrons. The molecule has 2 rings (SSSR count). The van der Waals surface area contributed by atoms with E-state index in [9.17, 15) is 5.11 Å². The van der Waals surface area contributed by atoms with Gasteiger partial charge in [0.1, 0.15) is 5.75 Å². The fourth-order valence-corrected chi connectivity index (χ4v) is 2.90. The van der Waals surface area contributed by atoms with Gasteiger partial charge in [-0.2, -0.15) is 0 Å². The quantitative estimate of drug-likeness (QED) is 0.834. The molecule has 0 heterocycles. The number of benzene rings is 1. The van der Waals surface area contributed by atoms with E-state index in [1.807, 2.05) is 18.2 Å². The van der Waals surface area contributed by atoms with Gasteiger partial charge in [-0.25, -0.2) is 0 Å². The first kappa shape index (κ1) is 13.4. The van der Waals surface area contributed by atoms with Gasteiger partial charge < -0.3 is 9.84 Å². The van der Waals surface area contributed by atoms with E-state index in [-0.39, 0.29) is 6.10 Å². The Morgan fingerprint density at radius 3 is 2.83 bits per heavy atom. The topological polar surface area (TPSA) is 29.5 Å².